The first kappa shape index (κ1) is 22.1. The number of benzene rings is 3. The highest BCUT2D eigenvalue weighted by Gasteiger charge is 2.18. The van der Waals surface area contributed by atoms with Gasteiger partial charge in [0, 0.05) is 18.7 Å². The molecule has 176 valence electrons. The highest BCUT2D eigenvalue weighted by atomic mass is 32.2. The van der Waals surface area contributed by atoms with Crippen molar-refractivity contribution in [1.29, 1.82) is 0 Å². The molecular formula is C24H22N2O7S. The van der Waals surface area contributed by atoms with Crippen LogP contribution in [0, 0.1) is 0 Å². The summed E-state index contributed by atoms with van der Waals surface area (Å²) < 4.78 is 49.8. The maximum atomic E-state index is 12.8. The molecule has 10 heteroatoms. The number of rotatable bonds is 7. The summed E-state index contributed by atoms with van der Waals surface area (Å²) in [5.41, 5.74) is 1.80. The molecule has 0 atom stereocenters. The van der Waals surface area contributed by atoms with Crippen LogP contribution in [0.4, 0.5) is 0 Å². The molecule has 0 fully saturated rings. The fourth-order valence-corrected chi connectivity index (χ4v) is 4.66. The van der Waals surface area contributed by atoms with Gasteiger partial charge in [-0.25, -0.2) is 13.1 Å². The third kappa shape index (κ3) is 4.78. The van der Waals surface area contributed by atoms with Gasteiger partial charge in [0.15, 0.2) is 23.0 Å². The summed E-state index contributed by atoms with van der Waals surface area (Å²) in [6.45, 7) is 1.46. The normalized spacial score (nSPS) is 14.0. The van der Waals surface area contributed by atoms with E-state index in [1.54, 1.807) is 30.3 Å². The monoisotopic (exact) mass is 482 g/mol. The highest BCUT2D eigenvalue weighted by molar-refractivity contribution is 7.89. The lowest BCUT2D eigenvalue weighted by Crippen LogP contribution is -2.25. The van der Waals surface area contributed by atoms with Crippen molar-refractivity contribution in [3.05, 3.63) is 77.4 Å². The molecule has 5 rings (SSSR count). The van der Waals surface area contributed by atoms with Crippen LogP contribution in [-0.2, 0) is 23.1 Å². The minimum atomic E-state index is -3.84. The number of ether oxygens (including phenoxy) is 4. The zero-order valence-corrected chi connectivity index (χ0v) is 18.9. The highest BCUT2D eigenvalue weighted by Crippen LogP contribution is 2.33. The van der Waals surface area contributed by atoms with E-state index in [9.17, 15) is 13.2 Å². The second kappa shape index (κ2) is 9.24. The lowest BCUT2D eigenvalue weighted by molar-refractivity contribution is 0.0950. The molecule has 2 N–H and O–H groups in total. The van der Waals surface area contributed by atoms with Crippen LogP contribution in [-0.4, -0.2) is 34.3 Å². The van der Waals surface area contributed by atoms with Crippen molar-refractivity contribution in [2.45, 2.75) is 18.0 Å². The number of carbonyl (C=O) groups excluding carboxylic acids is 1. The Balaban J connectivity index is 1.22. The second-order valence-electron chi connectivity index (χ2n) is 7.70. The van der Waals surface area contributed by atoms with E-state index < -0.39 is 10.0 Å². The molecule has 0 aliphatic carbocycles. The van der Waals surface area contributed by atoms with Gasteiger partial charge in [0.05, 0.1) is 4.90 Å². The van der Waals surface area contributed by atoms with Crippen molar-refractivity contribution < 1.29 is 32.2 Å². The molecular weight excluding hydrogens is 460 g/mol. The van der Waals surface area contributed by atoms with Gasteiger partial charge >= 0.3 is 0 Å². The number of hydrogen-bond donors (Lipinski definition) is 2. The lowest BCUT2D eigenvalue weighted by atomic mass is 10.1. The van der Waals surface area contributed by atoms with Gasteiger partial charge in [-0.1, -0.05) is 18.2 Å². The topological polar surface area (TPSA) is 112 Å². The van der Waals surface area contributed by atoms with Crippen molar-refractivity contribution in [3.63, 3.8) is 0 Å². The van der Waals surface area contributed by atoms with Gasteiger partial charge in [-0.2, -0.15) is 0 Å². The number of carbonyl (C=O) groups is 1. The molecule has 0 aromatic heterocycles. The molecule has 0 spiro atoms. The molecule has 34 heavy (non-hydrogen) atoms. The van der Waals surface area contributed by atoms with Crippen molar-refractivity contribution in [1.82, 2.24) is 10.0 Å². The van der Waals surface area contributed by atoms with Crippen LogP contribution in [0.25, 0.3) is 0 Å². The van der Waals surface area contributed by atoms with Gasteiger partial charge in [0.1, 0.15) is 13.2 Å². The summed E-state index contributed by atoms with van der Waals surface area (Å²) in [6.07, 6.45) is 0. The van der Waals surface area contributed by atoms with Crippen LogP contribution in [0.1, 0.15) is 21.5 Å². The SMILES string of the molecule is O=C(NCc1ccc2c(c1)OCCO2)c1cccc(S(=O)(=O)NCc2ccc3c(c2)OCO3)c1. The summed E-state index contributed by atoms with van der Waals surface area (Å²) in [5, 5.41) is 2.81. The van der Waals surface area contributed by atoms with E-state index in [2.05, 4.69) is 10.0 Å². The molecule has 0 radical (unpaired) electrons. The predicted octanol–water partition coefficient (Wildman–Crippen LogP) is 2.60. The maximum Gasteiger partial charge on any atom is 0.251 e. The number of nitrogens with one attached hydrogen (secondary N) is 2. The summed E-state index contributed by atoms with van der Waals surface area (Å²) in [5.74, 6) is 2.13. The number of sulfonamides is 1. The average molecular weight is 483 g/mol. The Morgan fingerprint density at radius 2 is 1.41 bits per heavy atom. The van der Waals surface area contributed by atoms with Crippen LogP contribution in [0.2, 0.25) is 0 Å². The van der Waals surface area contributed by atoms with E-state index in [0.29, 0.717) is 36.2 Å². The first-order valence-electron chi connectivity index (χ1n) is 10.6. The quantitative estimate of drug-likeness (QED) is 0.532. The van der Waals surface area contributed by atoms with Gasteiger partial charge in [0.2, 0.25) is 16.8 Å². The smallest absolute Gasteiger partial charge is 0.251 e. The Morgan fingerprint density at radius 1 is 0.765 bits per heavy atom. The first-order chi connectivity index (χ1) is 16.5. The van der Waals surface area contributed by atoms with Crippen molar-refractivity contribution in [2.24, 2.45) is 0 Å². The van der Waals surface area contributed by atoms with E-state index in [4.69, 9.17) is 18.9 Å². The van der Waals surface area contributed by atoms with Crippen LogP contribution in [0.15, 0.2) is 65.6 Å². The molecule has 0 unspecified atom stereocenters. The molecule has 0 saturated carbocycles. The zero-order chi connectivity index (χ0) is 23.5. The van der Waals surface area contributed by atoms with E-state index in [1.165, 1.54) is 18.2 Å². The molecule has 9 nitrogen and oxygen atoms in total. The standard InChI is InChI=1S/C24H22N2O7S/c27-24(25-13-16-4-6-20-22(10-16)31-9-8-30-20)18-2-1-3-19(12-18)34(28,29)26-14-17-5-7-21-23(11-17)33-15-32-21/h1-7,10-12,26H,8-9,13-15H2,(H,25,27). The van der Waals surface area contributed by atoms with E-state index in [-0.39, 0.29) is 36.2 Å². The van der Waals surface area contributed by atoms with E-state index >= 15 is 0 Å². The molecule has 2 aliphatic heterocycles. The number of amides is 1. The van der Waals surface area contributed by atoms with Crippen LogP contribution >= 0.6 is 0 Å². The molecule has 0 bridgehead atoms. The Labute approximate surface area is 196 Å². The predicted molar refractivity (Wildman–Crippen MR) is 122 cm³/mol. The Kier molecular flexibility index (Phi) is 5.99. The van der Waals surface area contributed by atoms with Gasteiger partial charge in [0.25, 0.3) is 5.91 Å². The first-order valence-corrected chi connectivity index (χ1v) is 12.1. The fraction of sp³-hybridized carbons (Fsp3) is 0.208. The summed E-state index contributed by atoms with van der Waals surface area (Å²) in [4.78, 5) is 12.7. The third-order valence-electron chi connectivity index (χ3n) is 5.37. The maximum absolute atomic E-state index is 12.8. The second-order valence-corrected chi connectivity index (χ2v) is 9.47. The Morgan fingerprint density at radius 3 is 2.21 bits per heavy atom. The fourth-order valence-electron chi connectivity index (χ4n) is 3.60. The molecule has 2 aliphatic rings. The number of fused-ring (bicyclic) bond motifs is 2. The summed E-state index contributed by atoms with van der Waals surface area (Å²) in [7, 11) is -3.84. The minimum absolute atomic E-state index is 0.000206. The van der Waals surface area contributed by atoms with Crippen molar-refractivity contribution >= 4 is 15.9 Å². The van der Waals surface area contributed by atoms with Gasteiger partial charge in [-0.3, -0.25) is 4.79 Å². The summed E-state index contributed by atoms with van der Waals surface area (Å²) >= 11 is 0. The molecule has 3 aromatic carbocycles. The Hall–Kier alpha value is -3.76. The number of hydrogen-bond acceptors (Lipinski definition) is 7. The minimum Gasteiger partial charge on any atom is -0.486 e. The van der Waals surface area contributed by atoms with Gasteiger partial charge < -0.3 is 24.3 Å². The van der Waals surface area contributed by atoms with E-state index in [1.807, 2.05) is 12.1 Å². The van der Waals surface area contributed by atoms with Crippen LogP contribution in [0.3, 0.4) is 0 Å². The van der Waals surface area contributed by atoms with Crippen molar-refractivity contribution in [2.75, 3.05) is 20.0 Å². The zero-order valence-electron chi connectivity index (χ0n) is 18.1. The van der Waals surface area contributed by atoms with Gasteiger partial charge in [-0.05, 0) is 53.6 Å². The largest absolute Gasteiger partial charge is 0.486 e. The van der Waals surface area contributed by atoms with E-state index in [0.717, 1.165) is 11.1 Å². The molecule has 2 heterocycles. The Bertz CT molecular complexity index is 1340. The molecule has 1 amide bonds. The molecule has 3 aromatic rings. The summed E-state index contributed by atoms with van der Waals surface area (Å²) in [6, 6.07) is 16.6. The lowest BCUT2D eigenvalue weighted by Gasteiger charge is -2.19. The third-order valence-corrected chi connectivity index (χ3v) is 6.77. The van der Waals surface area contributed by atoms with Crippen LogP contribution < -0.4 is 29.0 Å². The molecule has 0 saturated heterocycles. The van der Waals surface area contributed by atoms with Gasteiger partial charge in [-0.15, -0.1) is 0 Å². The average Bonchev–Trinajstić information content (AvgIpc) is 3.34. The van der Waals surface area contributed by atoms with Crippen LogP contribution in [0.5, 0.6) is 23.0 Å². The van der Waals surface area contributed by atoms with Crippen molar-refractivity contribution in [3.8, 4) is 23.0 Å².